The van der Waals surface area contributed by atoms with Crippen LogP contribution in [0.5, 0.6) is 0 Å². The number of fused-ring (bicyclic) bond motifs is 1. The molecule has 1 aromatic heterocycles. The molecule has 1 fully saturated rings. The van der Waals surface area contributed by atoms with Crippen molar-refractivity contribution in [2.45, 2.75) is 43.9 Å². The topological polar surface area (TPSA) is 13.1 Å². The molecule has 0 N–H and O–H groups in total. The van der Waals surface area contributed by atoms with Crippen molar-refractivity contribution in [1.82, 2.24) is 0 Å². The largest absolute Gasteiger partial charge is 0.460 e. The van der Waals surface area contributed by atoms with E-state index in [2.05, 4.69) is 60.7 Å². The van der Waals surface area contributed by atoms with Crippen molar-refractivity contribution in [2.24, 2.45) is 0 Å². The molecule has 1 saturated carbocycles. The molecule has 2 atom stereocenters. The molecule has 5 rings (SSSR count). The Morgan fingerprint density at radius 2 is 1.38 bits per heavy atom. The highest BCUT2D eigenvalue weighted by Gasteiger charge is 2.44. The lowest BCUT2D eigenvalue weighted by atomic mass is 9.89. The zero-order valence-corrected chi connectivity index (χ0v) is 13.9. The van der Waals surface area contributed by atoms with Gasteiger partial charge in [-0.15, -0.1) is 0 Å². The summed E-state index contributed by atoms with van der Waals surface area (Å²) in [6.45, 7) is 0. The highest BCUT2D eigenvalue weighted by molar-refractivity contribution is 5.65. The van der Waals surface area contributed by atoms with Crippen LogP contribution in [0.25, 0.3) is 11.3 Å². The van der Waals surface area contributed by atoms with Gasteiger partial charge >= 0.3 is 0 Å². The molecule has 0 unspecified atom stereocenters. The summed E-state index contributed by atoms with van der Waals surface area (Å²) in [4.78, 5) is 0. The van der Waals surface area contributed by atoms with Crippen LogP contribution < -0.4 is 0 Å². The van der Waals surface area contributed by atoms with Gasteiger partial charge in [0, 0.05) is 17.0 Å². The molecule has 2 aliphatic rings. The molecule has 120 valence electrons. The summed E-state index contributed by atoms with van der Waals surface area (Å²) < 4.78 is 6.53. The molecule has 24 heavy (non-hydrogen) atoms. The third kappa shape index (κ3) is 2.31. The Morgan fingerprint density at radius 3 is 2.12 bits per heavy atom. The fourth-order valence-electron chi connectivity index (χ4n) is 4.34. The highest BCUT2D eigenvalue weighted by Crippen LogP contribution is 2.57. The summed E-state index contributed by atoms with van der Waals surface area (Å²) in [6.07, 6.45) is 6.19. The van der Waals surface area contributed by atoms with E-state index in [0.29, 0.717) is 11.8 Å². The van der Waals surface area contributed by atoms with Gasteiger partial charge in [-0.1, -0.05) is 60.7 Å². The number of hydrogen-bond acceptors (Lipinski definition) is 1. The third-order valence-electron chi connectivity index (χ3n) is 5.64. The van der Waals surface area contributed by atoms with Gasteiger partial charge in [0.1, 0.15) is 11.5 Å². The Morgan fingerprint density at radius 1 is 0.708 bits per heavy atom. The molecule has 3 aromatic rings. The van der Waals surface area contributed by atoms with Crippen LogP contribution in [-0.4, -0.2) is 0 Å². The van der Waals surface area contributed by atoms with E-state index in [1.54, 1.807) is 0 Å². The maximum Gasteiger partial charge on any atom is 0.137 e. The Hall–Kier alpha value is -2.28. The van der Waals surface area contributed by atoms with E-state index in [1.165, 1.54) is 60.1 Å². The summed E-state index contributed by atoms with van der Waals surface area (Å²) in [5, 5.41) is 0. The van der Waals surface area contributed by atoms with Gasteiger partial charge in [-0.05, 0) is 49.1 Å². The van der Waals surface area contributed by atoms with Crippen molar-refractivity contribution in [2.75, 3.05) is 0 Å². The second kappa shape index (κ2) is 5.66. The Balaban J connectivity index is 1.55. The van der Waals surface area contributed by atoms with E-state index in [0.717, 1.165) is 5.76 Å². The molecule has 2 aromatic carbocycles. The lowest BCUT2D eigenvalue weighted by Crippen LogP contribution is -2.02. The summed E-state index contributed by atoms with van der Waals surface area (Å²) in [6, 6.07) is 21.6. The minimum Gasteiger partial charge on any atom is -0.460 e. The molecule has 1 heterocycles. The van der Waals surface area contributed by atoms with Crippen LogP contribution in [-0.2, 0) is 12.8 Å². The van der Waals surface area contributed by atoms with Crippen LogP contribution in [0.1, 0.15) is 53.5 Å². The quantitative estimate of drug-likeness (QED) is 0.569. The SMILES string of the molecule is c1ccc(-c2oc([C@H]3C[C@@H]3c3ccccc3)c3c2CCCC3)cc1. The smallest absolute Gasteiger partial charge is 0.137 e. The lowest BCUT2D eigenvalue weighted by molar-refractivity contribution is 0.516. The predicted molar refractivity (Wildman–Crippen MR) is 97.3 cm³/mol. The molecule has 0 radical (unpaired) electrons. The van der Waals surface area contributed by atoms with Gasteiger partial charge in [0.15, 0.2) is 0 Å². The molecule has 1 nitrogen and oxygen atoms in total. The van der Waals surface area contributed by atoms with Gasteiger partial charge in [0.25, 0.3) is 0 Å². The fourth-order valence-corrected chi connectivity index (χ4v) is 4.34. The van der Waals surface area contributed by atoms with E-state index in [-0.39, 0.29) is 0 Å². The monoisotopic (exact) mass is 314 g/mol. The summed E-state index contributed by atoms with van der Waals surface area (Å²) in [5.41, 5.74) is 5.72. The van der Waals surface area contributed by atoms with Gasteiger partial charge < -0.3 is 4.42 Å². The zero-order valence-electron chi connectivity index (χ0n) is 13.9. The van der Waals surface area contributed by atoms with Crippen molar-refractivity contribution >= 4 is 0 Å². The summed E-state index contributed by atoms with van der Waals surface area (Å²) >= 11 is 0. The van der Waals surface area contributed by atoms with Crippen molar-refractivity contribution < 1.29 is 4.42 Å². The van der Waals surface area contributed by atoms with Crippen molar-refractivity contribution in [1.29, 1.82) is 0 Å². The maximum absolute atomic E-state index is 6.53. The average molecular weight is 314 g/mol. The second-order valence-electron chi connectivity index (χ2n) is 7.19. The van der Waals surface area contributed by atoms with Crippen LogP contribution in [0.3, 0.4) is 0 Å². The van der Waals surface area contributed by atoms with Gasteiger partial charge in [-0.2, -0.15) is 0 Å². The van der Waals surface area contributed by atoms with E-state index >= 15 is 0 Å². The Kier molecular flexibility index (Phi) is 3.33. The van der Waals surface area contributed by atoms with Crippen LogP contribution in [0, 0.1) is 0 Å². The number of benzene rings is 2. The van der Waals surface area contributed by atoms with Gasteiger partial charge in [0.2, 0.25) is 0 Å². The minimum atomic E-state index is 0.580. The average Bonchev–Trinajstić information content (AvgIpc) is 3.37. The van der Waals surface area contributed by atoms with E-state index in [1.807, 2.05) is 0 Å². The third-order valence-corrected chi connectivity index (χ3v) is 5.64. The van der Waals surface area contributed by atoms with Crippen LogP contribution >= 0.6 is 0 Å². The molecule has 0 aliphatic heterocycles. The molecular weight excluding hydrogens is 292 g/mol. The highest BCUT2D eigenvalue weighted by atomic mass is 16.3. The molecule has 0 spiro atoms. The Labute approximate surface area is 143 Å². The van der Waals surface area contributed by atoms with E-state index in [9.17, 15) is 0 Å². The van der Waals surface area contributed by atoms with Gasteiger partial charge in [0.05, 0.1) is 0 Å². The minimum absolute atomic E-state index is 0.580. The van der Waals surface area contributed by atoms with E-state index < -0.39 is 0 Å². The summed E-state index contributed by atoms with van der Waals surface area (Å²) in [5.74, 6) is 3.65. The predicted octanol–water partition coefficient (Wildman–Crippen LogP) is 6.10. The van der Waals surface area contributed by atoms with Crippen molar-refractivity contribution in [3.8, 4) is 11.3 Å². The first-order valence-corrected chi connectivity index (χ1v) is 9.16. The first-order valence-electron chi connectivity index (χ1n) is 9.16. The second-order valence-corrected chi connectivity index (χ2v) is 7.19. The van der Waals surface area contributed by atoms with Crippen molar-refractivity contribution in [3.05, 3.63) is 83.1 Å². The standard InChI is InChI=1S/C23H22O/c1-3-9-16(10-4-1)20-15-21(20)23-19-14-8-7-13-18(19)22(24-23)17-11-5-2-6-12-17/h1-6,9-12,20-21H,7-8,13-15H2/t20-,21+/m1/s1. The zero-order chi connectivity index (χ0) is 15.9. The Bertz CT molecular complexity index is 845. The first-order chi connectivity index (χ1) is 11.9. The first kappa shape index (κ1) is 14.1. The number of furan rings is 1. The van der Waals surface area contributed by atoms with Crippen LogP contribution in [0.4, 0.5) is 0 Å². The number of hydrogen-bond donors (Lipinski definition) is 0. The van der Waals surface area contributed by atoms with Gasteiger partial charge in [-0.25, -0.2) is 0 Å². The maximum atomic E-state index is 6.53. The molecule has 0 saturated heterocycles. The summed E-state index contributed by atoms with van der Waals surface area (Å²) in [7, 11) is 0. The van der Waals surface area contributed by atoms with Crippen molar-refractivity contribution in [3.63, 3.8) is 0 Å². The van der Waals surface area contributed by atoms with E-state index in [4.69, 9.17) is 4.42 Å². The molecule has 0 amide bonds. The fraction of sp³-hybridized carbons (Fsp3) is 0.304. The molecular formula is C23H22O. The lowest BCUT2D eigenvalue weighted by Gasteiger charge is -2.12. The van der Waals surface area contributed by atoms with Gasteiger partial charge in [-0.3, -0.25) is 0 Å². The molecule has 2 aliphatic carbocycles. The van der Waals surface area contributed by atoms with Crippen LogP contribution in [0.2, 0.25) is 0 Å². The van der Waals surface area contributed by atoms with Crippen LogP contribution in [0.15, 0.2) is 65.1 Å². The normalized spacial score (nSPS) is 22.2. The number of rotatable bonds is 3. The molecule has 0 bridgehead atoms. The molecule has 1 heteroatoms.